The molecule has 2 N–H and O–H groups in total. The summed E-state index contributed by atoms with van der Waals surface area (Å²) in [5.41, 5.74) is 0.0507. The molecule has 0 spiro atoms. The number of ether oxygens (including phenoxy) is 1. The molecule has 0 radical (unpaired) electrons. The fraction of sp³-hybridized carbons (Fsp3) is 0.500. The van der Waals surface area contributed by atoms with Gasteiger partial charge in [-0.1, -0.05) is 0 Å². The lowest BCUT2D eigenvalue weighted by atomic mass is 9.94. The third kappa shape index (κ3) is 3.54. The average Bonchev–Trinajstić information content (AvgIpc) is 2.37. The molecule has 1 aliphatic rings. The zero-order chi connectivity index (χ0) is 14.8. The summed E-state index contributed by atoms with van der Waals surface area (Å²) in [4.78, 5) is 26.5. The molecule has 2 heterocycles. The second-order valence-corrected chi connectivity index (χ2v) is 5.51. The Morgan fingerprint density at radius 2 is 2.20 bits per heavy atom. The van der Waals surface area contributed by atoms with Gasteiger partial charge in [-0.3, -0.25) is 4.79 Å². The number of carbonyl (C=O) groups excluding carboxylic acids is 1. The van der Waals surface area contributed by atoms with Crippen molar-refractivity contribution in [2.45, 2.75) is 38.3 Å². The number of carboxylic acid groups (broad SMARTS) is 1. The average molecular weight is 278 g/mol. The number of hydrogen-bond acceptors (Lipinski definition) is 4. The third-order valence-corrected chi connectivity index (χ3v) is 3.28. The molecule has 20 heavy (non-hydrogen) atoms. The Bertz CT molecular complexity index is 510. The molecule has 2 rings (SSSR count). The van der Waals surface area contributed by atoms with Crippen molar-refractivity contribution >= 4 is 11.9 Å². The molecule has 0 aliphatic carbocycles. The van der Waals surface area contributed by atoms with Gasteiger partial charge in [0.15, 0.2) is 0 Å². The molecule has 0 bridgehead atoms. The maximum Gasteiger partial charge on any atom is 0.354 e. The van der Waals surface area contributed by atoms with E-state index in [4.69, 9.17) is 9.84 Å². The molecule has 6 heteroatoms. The predicted octanol–water partition coefficient (Wildman–Crippen LogP) is 1.47. The summed E-state index contributed by atoms with van der Waals surface area (Å²) < 4.78 is 5.60. The summed E-state index contributed by atoms with van der Waals surface area (Å²) in [7, 11) is 0. The molecule has 108 valence electrons. The van der Waals surface area contributed by atoms with Gasteiger partial charge in [0.05, 0.1) is 11.2 Å². The Morgan fingerprint density at radius 3 is 2.75 bits per heavy atom. The number of rotatable bonds is 3. The van der Waals surface area contributed by atoms with E-state index in [-0.39, 0.29) is 23.2 Å². The van der Waals surface area contributed by atoms with Gasteiger partial charge in [-0.05, 0) is 38.8 Å². The lowest BCUT2D eigenvalue weighted by Crippen LogP contribution is -2.45. The summed E-state index contributed by atoms with van der Waals surface area (Å²) in [5, 5.41) is 11.7. The minimum atomic E-state index is -1.11. The lowest BCUT2D eigenvalue weighted by Gasteiger charge is -2.35. The van der Waals surface area contributed by atoms with E-state index in [1.165, 1.54) is 18.3 Å². The summed E-state index contributed by atoms with van der Waals surface area (Å²) in [6.45, 7) is 4.61. The summed E-state index contributed by atoms with van der Waals surface area (Å²) >= 11 is 0. The van der Waals surface area contributed by atoms with E-state index in [0.717, 1.165) is 12.8 Å². The van der Waals surface area contributed by atoms with E-state index in [1.54, 1.807) is 0 Å². The first-order valence-corrected chi connectivity index (χ1v) is 6.51. The molecule has 1 unspecified atom stereocenters. The summed E-state index contributed by atoms with van der Waals surface area (Å²) in [5.74, 6) is -1.35. The second kappa shape index (κ2) is 5.58. The molecule has 1 fully saturated rings. The van der Waals surface area contributed by atoms with Crippen molar-refractivity contribution in [2.75, 3.05) is 6.61 Å². The topological polar surface area (TPSA) is 88.5 Å². The fourth-order valence-electron chi connectivity index (χ4n) is 2.28. The van der Waals surface area contributed by atoms with E-state index in [1.807, 2.05) is 13.8 Å². The number of nitrogens with zero attached hydrogens (tertiary/aromatic N) is 1. The molecule has 0 aromatic carbocycles. The number of nitrogens with one attached hydrogen (secondary N) is 1. The van der Waals surface area contributed by atoms with Crippen molar-refractivity contribution in [1.82, 2.24) is 10.3 Å². The molecule has 1 aliphatic heterocycles. The maximum atomic E-state index is 12.1. The molecular formula is C14H18N2O4. The molecule has 1 amide bonds. The largest absolute Gasteiger partial charge is 0.477 e. The molecular weight excluding hydrogens is 260 g/mol. The van der Waals surface area contributed by atoms with Crippen LogP contribution >= 0.6 is 0 Å². The van der Waals surface area contributed by atoms with Crippen molar-refractivity contribution in [1.29, 1.82) is 0 Å². The highest BCUT2D eigenvalue weighted by atomic mass is 16.5. The predicted molar refractivity (Wildman–Crippen MR) is 71.7 cm³/mol. The van der Waals surface area contributed by atoms with E-state index >= 15 is 0 Å². The van der Waals surface area contributed by atoms with Gasteiger partial charge >= 0.3 is 5.97 Å². The van der Waals surface area contributed by atoms with E-state index in [0.29, 0.717) is 12.2 Å². The number of hydrogen-bond donors (Lipinski definition) is 2. The van der Waals surface area contributed by atoms with Crippen molar-refractivity contribution in [3.05, 3.63) is 29.6 Å². The standard InChI is InChI=1S/C14H18N2O4/c1-14(2)7-10(5-6-20-14)16-12(17)9-3-4-11(13(18)19)15-8-9/h3-4,8,10H,5-7H2,1-2H3,(H,16,17)(H,18,19). The molecule has 1 saturated heterocycles. The minimum Gasteiger partial charge on any atom is -0.477 e. The van der Waals surface area contributed by atoms with Crippen LogP contribution in [0.5, 0.6) is 0 Å². The summed E-state index contributed by atoms with van der Waals surface area (Å²) in [6, 6.07) is 2.85. The number of amides is 1. The highest BCUT2D eigenvalue weighted by Gasteiger charge is 2.29. The van der Waals surface area contributed by atoms with Gasteiger partial charge in [0.1, 0.15) is 5.69 Å². The van der Waals surface area contributed by atoms with Crippen molar-refractivity contribution in [2.24, 2.45) is 0 Å². The van der Waals surface area contributed by atoms with Crippen LogP contribution in [0, 0.1) is 0 Å². The first-order chi connectivity index (χ1) is 9.37. The SMILES string of the molecule is CC1(C)CC(NC(=O)c2ccc(C(=O)O)nc2)CCO1. The number of aromatic nitrogens is 1. The van der Waals surface area contributed by atoms with Gasteiger partial charge in [-0.25, -0.2) is 9.78 Å². The zero-order valence-electron chi connectivity index (χ0n) is 11.5. The van der Waals surface area contributed by atoms with Crippen LogP contribution in [0.25, 0.3) is 0 Å². The second-order valence-electron chi connectivity index (χ2n) is 5.51. The molecule has 1 aromatic rings. The van der Waals surface area contributed by atoms with Crippen LogP contribution < -0.4 is 5.32 Å². The van der Waals surface area contributed by atoms with Gasteiger partial charge in [-0.2, -0.15) is 0 Å². The van der Waals surface area contributed by atoms with E-state index < -0.39 is 5.97 Å². The van der Waals surface area contributed by atoms with Crippen molar-refractivity contribution in [3.63, 3.8) is 0 Å². The smallest absolute Gasteiger partial charge is 0.354 e. The fourth-order valence-corrected chi connectivity index (χ4v) is 2.28. The van der Waals surface area contributed by atoms with Crippen LogP contribution in [0.2, 0.25) is 0 Å². The van der Waals surface area contributed by atoms with Gasteiger partial charge in [0.25, 0.3) is 5.91 Å². The normalized spacial score (nSPS) is 21.2. The van der Waals surface area contributed by atoms with Gasteiger partial charge < -0.3 is 15.2 Å². The Labute approximate surface area is 117 Å². The Morgan fingerprint density at radius 1 is 1.45 bits per heavy atom. The number of pyridine rings is 1. The van der Waals surface area contributed by atoms with Crippen LogP contribution in [-0.4, -0.2) is 40.2 Å². The van der Waals surface area contributed by atoms with Gasteiger partial charge in [0.2, 0.25) is 0 Å². The minimum absolute atomic E-state index is 0.0606. The molecule has 1 atom stereocenters. The van der Waals surface area contributed by atoms with Crippen LogP contribution in [0.15, 0.2) is 18.3 Å². The number of aromatic carboxylic acids is 1. The van der Waals surface area contributed by atoms with Crippen molar-refractivity contribution < 1.29 is 19.4 Å². The first-order valence-electron chi connectivity index (χ1n) is 6.51. The van der Waals surface area contributed by atoms with Crippen LogP contribution in [0.1, 0.15) is 47.5 Å². The highest BCUT2D eigenvalue weighted by Crippen LogP contribution is 2.24. The Kier molecular flexibility index (Phi) is 4.04. The van der Waals surface area contributed by atoms with Gasteiger partial charge in [-0.15, -0.1) is 0 Å². The molecule has 6 nitrogen and oxygen atoms in total. The highest BCUT2D eigenvalue weighted by molar-refractivity contribution is 5.95. The zero-order valence-corrected chi connectivity index (χ0v) is 11.5. The third-order valence-electron chi connectivity index (χ3n) is 3.28. The van der Waals surface area contributed by atoms with Crippen LogP contribution in [0.3, 0.4) is 0 Å². The van der Waals surface area contributed by atoms with E-state index in [9.17, 15) is 9.59 Å². The quantitative estimate of drug-likeness (QED) is 0.874. The van der Waals surface area contributed by atoms with Gasteiger partial charge in [0, 0.05) is 18.8 Å². The maximum absolute atomic E-state index is 12.1. The Hall–Kier alpha value is -1.95. The number of carboxylic acids is 1. The molecule has 0 saturated carbocycles. The first kappa shape index (κ1) is 14.5. The van der Waals surface area contributed by atoms with Crippen LogP contribution in [0.4, 0.5) is 0 Å². The molecule has 1 aromatic heterocycles. The van der Waals surface area contributed by atoms with Crippen LogP contribution in [-0.2, 0) is 4.74 Å². The summed E-state index contributed by atoms with van der Waals surface area (Å²) in [6.07, 6.45) is 2.80. The monoisotopic (exact) mass is 278 g/mol. The van der Waals surface area contributed by atoms with Crippen molar-refractivity contribution in [3.8, 4) is 0 Å². The van der Waals surface area contributed by atoms with E-state index in [2.05, 4.69) is 10.3 Å². The Balaban J connectivity index is 1.99. The number of carbonyl (C=O) groups is 2. The lowest BCUT2D eigenvalue weighted by molar-refractivity contribution is -0.0615.